The summed E-state index contributed by atoms with van der Waals surface area (Å²) in [6.07, 6.45) is 0. The van der Waals surface area contributed by atoms with E-state index in [1.54, 1.807) is 0 Å². The van der Waals surface area contributed by atoms with E-state index in [1.807, 2.05) is 0 Å². The topological polar surface area (TPSA) is 20.2 Å². The zero-order valence-corrected chi connectivity index (χ0v) is 7.33. The van der Waals surface area contributed by atoms with Crippen LogP contribution in [-0.2, 0) is 6.61 Å². The molecule has 1 rings (SSSR count). The quantitative estimate of drug-likeness (QED) is 0.591. The Kier molecular flexibility index (Phi) is 2.74. The molecule has 0 aromatic heterocycles. The maximum Gasteiger partial charge on any atom is 0.176 e. The van der Waals surface area contributed by atoms with Gasteiger partial charge in [-0.2, -0.15) is 0 Å². The average molecular weight is 241 g/mol. The van der Waals surface area contributed by atoms with Crippen LogP contribution in [0.25, 0.3) is 0 Å². The van der Waals surface area contributed by atoms with E-state index in [2.05, 4.69) is 15.9 Å². The van der Waals surface area contributed by atoms with Gasteiger partial charge in [0.05, 0.1) is 11.1 Å². The molecule has 0 radical (unpaired) electrons. The molecule has 0 saturated carbocycles. The zero-order valence-electron chi connectivity index (χ0n) is 5.74. The van der Waals surface area contributed by atoms with Crippen molar-refractivity contribution >= 4 is 15.9 Å². The lowest BCUT2D eigenvalue weighted by molar-refractivity contribution is 0.272. The van der Waals surface area contributed by atoms with E-state index in [-0.39, 0.29) is 0 Å². The molecule has 0 saturated heterocycles. The van der Waals surface area contributed by atoms with Crippen LogP contribution in [0.5, 0.6) is 0 Å². The first kappa shape index (κ1) is 9.54. The summed E-state index contributed by atoms with van der Waals surface area (Å²) in [4.78, 5) is 0. The lowest BCUT2D eigenvalue weighted by atomic mass is 10.2. The van der Waals surface area contributed by atoms with Gasteiger partial charge in [0.25, 0.3) is 0 Å². The Hall–Kier alpha value is -0.550. The minimum Gasteiger partial charge on any atom is -0.392 e. The third-order valence-electron chi connectivity index (χ3n) is 1.35. The summed E-state index contributed by atoms with van der Waals surface area (Å²) in [7, 11) is 0. The molecule has 66 valence electrons. The first-order chi connectivity index (χ1) is 5.57. The Bertz CT molecular complexity index is 314. The van der Waals surface area contributed by atoms with Gasteiger partial charge in [0.2, 0.25) is 0 Å². The zero-order chi connectivity index (χ0) is 9.30. The van der Waals surface area contributed by atoms with Crippen molar-refractivity contribution < 1.29 is 18.3 Å². The van der Waals surface area contributed by atoms with Crippen LogP contribution in [0.3, 0.4) is 0 Å². The molecule has 0 aliphatic heterocycles. The molecule has 12 heavy (non-hydrogen) atoms. The second-order valence-electron chi connectivity index (χ2n) is 2.12. The van der Waals surface area contributed by atoms with Gasteiger partial charge in [-0.15, -0.1) is 0 Å². The molecule has 1 aromatic carbocycles. The average Bonchev–Trinajstić information content (AvgIpc) is 2.08. The molecule has 1 aromatic rings. The van der Waals surface area contributed by atoms with E-state index >= 15 is 0 Å². The van der Waals surface area contributed by atoms with Gasteiger partial charge in [-0.25, -0.2) is 13.2 Å². The molecule has 0 spiro atoms. The molecule has 0 fully saturated rings. The molecule has 5 heteroatoms. The van der Waals surface area contributed by atoms with Crippen LogP contribution in [0.4, 0.5) is 13.2 Å². The predicted octanol–water partition coefficient (Wildman–Crippen LogP) is 2.36. The van der Waals surface area contributed by atoms with Gasteiger partial charge < -0.3 is 5.11 Å². The third kappa shape index (κ3) is 1.47. The lowest BCUT2D eigenvalue weighted by Gasteiger charge is -2.02. The van der Waals surface area contributed by atoms with Crippen LogP contribution >= 0.6 is 15.9 Å². The maximum absolute atomic E-state index is 12.7. The first-order valence-corrected chi connectivity index (χ1v) is 3.80. The number of rotatable bonds is 1. The summed E-state index contributed by atoms with van der Waals surface area (Å²) in [6, 6.07) is 0.739. The van der Waals surface area contributed by atoms with Crippen LogP contribution in [0, 0.1) is 17.5 Å². The van der Waals surface area contributed by atoms with Gasteiger partial charge in [-0.1, -0.05) is 0 Å². The summed E-state index contributed by atoms with van der Waals surface area (Å²) in [5.41, 5.74) is -0.395. The van der Waals surface area contributed by atoms with Crippen LogP contribution in [-0.4, -0.2) is 5.11 Å². The fourth-order valence-electron chi connectivity index (χ4n) is 0.737. The predicted molar refractivity (Wildman–Crippen MR) is 39.9 cm³/mol. The lowest BCUT2D eigenvalue weighted by Crippen LogP contribution is -1.97. The van der Waals surface area contributed by atoms with Crippen LogP contribution < -0.4 is 0 Å². The van der Waals surface area contributed by atoms with Gasteiger partial charge in [0.1, 0.15) is 5.82 Å². The SMILES string of the molecule is OCc1cc(F)c(Br)c(F)c1F. The molecular weight excluding hydrogens is 237 g/mol. The Labute approximate surface area is 75.0 Å². The molecule has 1 nitrogen and oxygen atoms in total. The van der Waals surface area contributed by atoms with Gasteiger partial charge in [0, 0.05) is 5.56 Å². The smallest absolute Gasteiger partial charge is 0.176 e. The van der Waals surface area contributed by atoms with Crippen LogP contribution in [0.2, 0.25) is 0 Å². The van der Waals surface area contributed by atoms with Gasteiger partial charge in [-0.3, -0.25) is 0 Å². The van der Waals surface area contributed by atoms with Crippen molar-refractivity contribution in [1.29, 1.82) is 0 Å². The number of benzene rings is 1. The summed E-state index contributed by atoms with van der Waals surface area (Å²) in [5.74, 6) is -3.48. The van der Waals surface area contributed by atoms with E-state index in [1.165, 1.54) is 0 Å². The van der Waals surface area contributed by atoms with Crippen molar-refractivity contribution in [2.45, 2.75) is 6.61 Å². The van der Waals surface area contributed by atoms with Gasteiger partial charge >= 0.3 is 0 Å². The summed E-state index contributed by atoms with van der Waals surface area (Å²) in [6.45, 7) is -0.729. The third-order valence-corrected chi connectivity index (χ3v) is 2.08. The number of hydrogen-bond donors (Lipinski definition) is 1. The van der Waals surface area contributed by atoms with Crippen LogP contribution in [0.1, 0.15) is 5.56 Å². The van der Waals surface area contributed by atoms with E-state index in [9.17, 15) is 13.2 Å². The Morgan fingerprint density at radius 2 is 1.83 bits per heavy atom. The molecular formula is C7H4BrF3O. The Balaban J connectivity index is 3.39. The normalized spacial score (nSPS) is 10.4. The fourth-order valence-corrected chi connectivity index (χ4v) is 1.03. The molecule has 0 aliphatic carbocycles. The molecule has 0 unspecified atom stereocenters. The Morgan fingerprint density at radius 3 is 2.33 bits per heavy atom. The van der Waals surface area contributed by atoms with Crippen molar-refractivity contribution in [3.63, 3.8) is 0 Å². The number of aliphatic hydroxyl groups excluding tert-OH is 1. The summed E-state index contributed by atoms with van der Waals surface area (Å²) >= 11 is 2.52. The number of aliphatic hydroxyl groups is 1. The van der Waals surface area contributed by atoms with Gasteiger partial charge in [-0.05, 0) is 22.0 Å². The highest BCUT2D eigenvalue weighted by Crippen LogP contribution is 2.24. The van der Waals surface area contributed by atoms with E-state index in [4.69, 9.17) is 5.11 Å². The molecule has 1 N–H and O–H groups in total. The van der Waals surface area contributed by atoms with Crippen LogP contribution in [0.15, 0.2) is 10.5 Å². The standard InChI is InChI=1S/C7H4BrF3O/c8-5-4(9)1-3(2-12)6(10)7(5)11/h1,12H,2H2. The highest BCUT2D eigenvalue weighted by molar-refractivity contribution is 9.10. The second-order valence-corrected chi connectivity index (χ2v) is 2.91. The van der Waals surface area contributed by atoms with Crippen molar-refractivity contribution in [3.8, 4) is 0 Å². The van der Waals surface area contributed by atoms with Gasteiger partial charge in [0.15, 0.2) is 11.6 Å². The first-order valence-electron chi connectivity index (χ1n) is 3.00. The van der Waals surface area contributed by atoms with Crippen molar-refractivity contribution in [2.24, 2.45) is 0 Å². The highest BCUT2D eigenvalue weighted by atomic mass is 79.9. The summed E-state index contributed by atoms with van der Waals surface area (Å²) in [5, 5.41) is 8.47. The highest BCUT2D eigenvalue weighted by Gasteiger charge is 2.15. The molecule has 0 atom stereocenters. The fraction of sp³-hybridized carbons (Fsp3) is 0.143. The van der Waals surface area contributed by atoms with Crippen molar-refractivity contribution in [2.75, 3.05) is 0 Å². The maximum atomic E-state index is 12.7. The van der Waals surface area contributed by atoms with E-state index in [0.29, 0.717) is 0 Å². The number of halogens is 4. The van der Waals surface area contributed by atoms with Crippen molar-refractivity contribution in [1.82, 2.24) is 0 Å². The monoisotopic (exact) mass is 240 g/mol. The molecule has 0 heterocycles. The molecule has 0 aliphatic rings. The van der Waals surface area contributed by atoms with Crippen molar-refractivity contribution in [3.05, 3.63) is 33.6 Å². The molecule has 0 amide bonds. The minimum atomic E-state index is -1.32. The van der Waals surface area contributed by atoms with E-state index < -0.39 is 34.1 Å². The van der Waals surface area contributed by atoms with E-state index in [0.717, 1.165) is 6.07 Å². The second kappa shape index (κ2) is 3.45. The minimum absolute atomic E-state index is 0.395. The number of hydrogen-bond acceptors (Lipinski definition) is 1. The Morgan fingerprint density at radius 1 is 1.25 bits per heavy atom. The summed E-state index contributed by atoms with van der Waals surface area (Å²) < 4.78 is 37.5. The molecule has 0 bridgehead atoms. The largest absolute Gasteiger partial charge is 0.392 e.